The molecule has 0 saturated heterocycles. The molecule has 0 aromatic heterocycles. The van der Waals surface area contributed by atoms with E-state index < -0.39 is 15.8 Å². The van der Waals surface area contributed by atoms with E-state index in [4.69, 9.17) is 4.74 Å². The number of ether oxygens (including phenoxy) is 1. The summed E-state index contributed by atoms with van der Waals surface area (Å²) >= 11 is 0. The maximum absolute atomic E-state index is 11.7. The van der Waals surface area contributed by atoms with Crippen LogP contribution in [0.1, 0.15) is 17.3 Å². The average Bonchev–Trinajstić information content (AvgIpc) is 2.23. The summed E-state index contributed by atoms with van der Waals surface area (Å²) in [6, 6.07) is 5.98. The second-order valence-electron chi connectivity index (χ2n) is 3.16. The number of carbonyl (C=O) groups excluding carboxylic acids is 1. The molecular weight excluding hydrogens is 216 g/mol. The van der Waals surface area contributed by atoms with Crippen LogP contribution >= 0.6 is 0 Å². The van der Waals surface area contributed by atoms with Crippen molar-refractivity contribution >= 4 is 15.8 Å². The average molecular weight is 224 g/mol. The molecule has 0 radical (unpaired) electrons. The van der Waals surface area contributed by atoms with Gasteiger partial charge in [0.05, 0.1) is 15.9 Å². The van der Waals surface area contributed by atoms with Crippen LogP contribution in [0.25, 0.3) is 0 Å². The lowest BCUT2D eigenvalue weighted by atomic mass is 10.2. The summed E-state index contributed by atoms with van der Waals surface area (Å²) in [5.74, 6) is -0.559. The molecule has 1 heterocycles. The number of fused-ring (bicyclic) bond motifs is 1. The molecule has 2 rings (SSSR count). The summed E-state index contributed by atoms with van der Waals surface area (Å²) in [6.07, 6.45) is 0. The van der Waals surface area contributed by atoms with E-state index in [2.05, 4.69) is 0 Å². The van der Waals surface area contributed by atoms with Gasteiger partial charge in [-0.25, -0.2) is 13.2 Å². The van der Waals surface area contributed by atoms with Crippen LogP contribution in [0.5, 0.6) is 0 Å². The first-order chi connectivity index (χ1) is 7.00. The van der Waals surface area contributed by atoms with Crippen molar-refractivity contribution in [1.82, 2.24) is 0 Å². The fraction of sp³-hybridized carbons (Fsp3) is 0.100. The lowest BCUT2D eigenvalue weighted by Crippen LogP contribution is -2.05. The van der Waals surface area contributed by atoms with Crippen LogP contribution in [0, 0.1) is 0 Å². The Morgan fingerprint density at radius 2 is 1.87 bits per heavy atom. The lowest BCUT2D eigenvalue weighted by molar-refractivity contribution is 0.0625. The normalized spacial score (nSPS) is 18.5. The van der Waals surface area contributed by atoms with Crippen molar-refractivity contribution in [3.63, 3.8) is 0 Å². The SMILES string of the molecule is CC1=CS(=O)(=O)c2ccccc2C(=O)O1. The molecule has 0 aliphatic carbocycles. The predicted octanol–water partition coefficient (Wildman–Crippen LogP) is 1.49. The lowest BCUT2D eigenvalue weighted by Gasteiger charge is -2.01. The number of carbonyl (C=O) groups is 1. The summed E-state index contributed by atoms with van der Waals surface area (Å²) in [6.45, 7) is 1.43. The number of cyclic esters (lactones) is 1. The van der Waals surface area contributed by atoms with Crippen LogP contribution in [-0.2, 0) is 14.6 Å². The van der Waals surface area contributed by atoms with Gasteiger partial charge in [-0.05, 0) is 19.1 Å². The van der Waals surface area contributed by atoms with Gasteiger partial charge in [0.25, 0.3) is 0 Å². The Morgan fingerprint density at radius 1 is 1.20 bits per heavy atom. The van der Waals surface area contributed by atoms with E-state index in [0.717, 1.165) is 5.41 Å². The van der Waals surface area contributed by atoms with Gasteiger partial charge in [0.15, 0.2) is 0 Å². The van der Waals surface area contributed by atoms with Gasteiger partial charge in [0.1, 0.15) is 5.76 Å². The zero-order valence-electron chi connectivity index (χ0n) is 7.93. The molecule has 0 spiro atoms. The van der Waals surface area contributed by atoms with Gasteiger partial charge in [-0.15, -0.1) is 0 Å². The molecule has 1 aromatic rings. The smallest absolute Gasteiger partial charge is 0.344 e. The Morgan fingerprint density at radius 3 is 2.60 bits per heavy atom. The minimum Gasteiger partial charge on any atom is -0.427 e. The predicted molar refractivity (Wildman–Crippen MR) is 52.8 cm³/mol. The van der Waals surface area contributed by atoms with Crippen LogP contribution < -0.4 is 0 Å². The van der Waals surface area contributed by atoms with Gasteiger partial charge >= 0.3 is 5.97 Å². The van der Waals surface area contributed by atoms with Crippen LogP contribution in [0.3, 0.4) is 0 Å². The molecule has 15 heavy (non-hydrogen) atoms. The largest absolute Gasteiger partial charge is 0.427 e. The second-order valence-corrected chi connectivity index (χ2v) is 4.92. The van der Waals surface area contributed by atoms with Gasteiger partial charge in [-0.2, -0.15) is 0 Å². The zero-order valence-corrected chi connectivity index (χ0v) is 8.74. The zero-order chi connectivity index (χ0) is 11.1. The van der Waals surface area contributed by atoms with E-state index in [1.807, 2.05) is 0 Å². The molecule has 5 heteroatoms. The topological polar surface area (TPSA) is 60.4 Å². The summed E-state index contributed by atoms with van der Waals surface area (Å²) in [5.41, 5.74) is 0.0746. The number of hydrogen-bond donors (Lipinski definition) is 0. The van der Waals surface area contributed by atoms with Crippen molar-refractivity contribution in [2.75, 3.05) is 0 Å². The third kappa shape index (κ3) is 1.66. The first-order valence-corrected chi connectivity index (χ1v) is 5.80. The van der Waals surface area contributed by atoms with E-state index in [0.29, 0.717) is 0 Å². The number of allylic oxidation sites excluding steroid dienone is 1. The summed E-state index contributed by atoms with van der Waals surface area (Å²) in [4.78, 5) is 11.5. The van der Waals surface area contributed by atoms with Crippen molar-refractivity contribution < 1.29 is 17.9 Å². The summed E-state index contributed by atoms with van der Waals surface area (Å²) < 4.78 is 28.3. The Balaban J connectivity index is 2.79. The van der Waals surface area contributed by atoms with Gasteiger partial charge in [0, 0.05) is 0 Å². The van der Waals surface area contributed by atoms with Crippen LogP contribution in [0.4, 0.5) is 0 Å². The van der Waals surface area contributed by atoms with Gasteiger partial charge < -0.3 is 4.74 Å². The highest BCUT2D eigenvalue weighted by Gasteiger charge is 2.25. The molecule has 0 N–H and O–H groups in total. The fourth-order valence-electron chi connectivity index (χ4n) is 1.39. The highest BCUT2D eigenvalue weighted by atomic mass is 32.2. The van der Waals surface area contributed by atoms with E-state index in [9.17, 15) is 13.2 Å². The van der Waals surface area contributed by atoms with Gasteiger partial charge in [0.2, 0.25) is 9.84 Å². The summed E-state index contributed by atoms with van der Waals surface area (Å²) in [7, 11) is -3.57. The minimum atomic E-state index is -3.57. The maximum Gasteiger partial charge on any atom is 0.344 e. The highest BCUT2D eigenvalue weighted by Crippen LogP contribution is 2.24. The molecule has 0 amide bonds. The second kappa shape index (κ2) is 3.20. The fourth-order valence-corrected chi connectivity index (χ4v) is 2.73. The molecule has 0 saturated carbocycles. The van der Waals surface area contributed by atoms with Gasteiger partial charge in [-0.1, -0.05) is 12.1 Å². The third-order valence-corrected chi connectivity index (χ3v) is 3.60. The number of sulfone groups is 1. The van der Waals surface area contributed by atoms with Gasteiger partial charge in [-0.3, -0.25) is 0 Å². The summed E-state index contributed by atoms with van der Waals surface area (Å²) in [5, 5.41) is 0.955. The number of benzene rings is 1. The standard InChI is InChI=1S/C10H8O4S/c1-7-6-15(12,13)9-5-3-2-4-8(9)10(11)14-7/h2-6H,1H3. The molecular formula is C10H8O4S. The molecule has 0 bridgehead atoms. The van der Waals surface area contributed by atoms with E-state index in [-0.39, 0.29) is 16.2 Å². The van der Waals surface area contributed by atoms with E-state index in [1.54, 1.807) is 12.1 Å². The molecule has 1 aliphatic rings. The van der Waals surface area contributed by atoms with Crippen molar-refractivity contribution in [1.29, 1.82) is 0 Å². The van der Waals surface area contributed by atoms with E-state index >= 15 is 0 Å². The molecule has 4 nitrogen and oxygen atoms in total. The maximum atomic E-state index is 11.7. The molecule has 0 fully saturated rings. The molecule has 1 aromatic carbocycles. The quantitative estimate of drug-likeness (QED) is 0.626. The monoisotopic (exact) mass is 224 g/mol. The molecule has 78 valence electrons. The van der Waals surface area contributed by atoms with Crippen LogP contribution in [-0.4, -0.2) is 14.4 Å². The number of hydrogen-bond acceptors (Lipinski definition) is 4. The number of esters is 1. The van der Waals surface area contributed by atoms with Crippen molar-refractivity contribution in [3.8, 4) is 0 Å². The third-order valence-electron chi connectivity index (χ3n) is 1.99. The van der Waals surface area contributed by atoms with Crippen molar-refractivity contribution in [3.05, 3.63) is 41.0 Å². The highest BCUT2D eigenvalue weighted by molar-refractivity contribution is 7.94. The number of rotatable bonds is 0. The van der Waals surface area contributed by atoms with Crippen LogP contribution in [0.15, 0.2) is 40.3 Å². The van der Waals surface area contributed by atoms with Crippen molar-refractivity contribution in [2.24, 2.45) is 0 Å². The Bertz CT molecular complexity index is 555. The van der Waals surface area contributed by atoms with Crippen LogP contribution in [0.2, 0.25) is 0 Å². The Kier molecular flexibility index (Phi) is 2.12. The first-order valence-electron chi connectivity index (χ1n) is 4.25. The molecule has 1 aliphatic heterocycles. The Hall–Kier alpha value is -1.62. The minimum absolute atomic E-state index is 0.00755. The van der Waals surface area contributed by atoms with Crippen molar-refractivity contribution in [2.45, 2.75) is 11.8 Å². The molecule has 0 atom stereocenters. The first kappa shape index (κ1) is 9.92. The molecule has 0 unspecified atom stereocenters. The Labute approximate surface area is 87.1 Å². The van der Waals surface area contributed by atoms with E-state index in [1.165, 1.54) is 19.1 Å².